The molecule has 15 heteroatoms. The number of aryl methyl sites for hydroxylation is 1. The van der Waals surface area contributed by atoms with Gasteiger partial charge in [-0.15, -0.1) is 22.7 Å². The van der Waals surface area contributed by atoms with Gasteiger partial charge in [-0.3, -0.25) is 9.52 Å². The van der Waals surface area contributed by atoms with Crippen molar-refractivity contribution in [2.45, 2.75) is 24.3 Å². The molecule has 1 unspecified atom stereocenters. The molecule has 1 aliphatic heterocycles. The van der Waals surface area contributed by atoms with Gasteiger partial charge in [-0.05, 0) is 55.1 Å². The zero-order chi connectivity index (χ0) is 28.1. The number of sulfone groups is 1. The van der Waals surface area contributed by atoms with Crippen LogP contribution in [0.25, 0.3) is 21.6 Å². The standard InChI is InChI=1S/C25H22N6O5S4/c1-15-22-19(24(32)27-16-4-6-18(7-5-16)40(35,36)30-25-26-9-11-38-25)13-20(21-3-2-10-37-21)28-23(22)31(29-15)17-8-12-39(33,34)14-17/h2-7,9-11,13,17H,8,12,14H2,1H3,(H,26,30)(H,27,32). The predicted octanol–water partition coefficient (Wildman–Crippen LogP) is 4.34. The Bertz CT molecular complexity index is 1930. The first-order chi connectivity index (χ1) is 19.1. The maximum Gasteiger partial charge on any atom is 0.263 e. The molecule has 5 heterocycles. The first-order valence-electron chi connectivity index (χ1n) is 12.1. The van der Waals surface area contributed by atoms with Gasteiger partial charge in [0.2, 0.25) is 0 Å². The number of pyridine rings is 1. The quantitative estimate of drug-likeness (QED) is 0.275. The van der Waals surface area contributed by atoms with Crippen LogP contribution in [-0.4, -0.2) is 54.0 Å². The van der Waals surface area contributed by atoms with Gasteiger partial charge in [0.15, 0.2) is 20.6 Å². The maximum absolute atomic E-state index is 13.6. The Morgan fingerprint density at radius 2 is 1.93 bits per heavy atom. The lowest BCUT2D eigenvalue weighted by Crippen LogP contribution is -2.15. The van der Waals surface area contributed by atoms with Crippen LogP contribution in [-0.2, 0) is 19.9 Å². The summed E-state index contributed by atoms with van der Waals surface area (Å²) in [5, 5.41) is 11.8. The molecule has 40 heavy (non-hydrogen) atoms. The maximum atomic E-state index is 13.6. The van der Waals surface area contributed by atoms with Crippen LogP contribution in [0.2, 0.25) is 0 Å². The van der Waals surface area contributed by atoms with E-state index in [4.69, 9.17) is 4.98 Å². The van der Waals surface area contributed by atoms with Crippen molar-refractivity contribution >= 4 is 70.3 Å². The number of amides is 1. The number of hydrogen-bond donors (Lipinski definition) is 2. The lowest BCUT2D eigenvalue weighted by molar-refractivity contribution is 0.102. The number of anilines is 2. The Morgan fingerprint density at radius 1 is 1.12 bits per heavy atom. The van der Waals surface area contributed by atoms with E-state index < -0.39 is 25.8 Å². The molecule has 1 aliphatic rings. The Morgan fingerprint density at radius 3 is 2.58 bits per heavy atom. The molecular formula is C25H22N6O5S4. The molecule has 1 atom stereocenters. The van der Waals surface area contributed by atoms with Gasteiger partial charge in [-0.25, -0.2) is 31.5 Å². The van der Waals surface area contributed by atoms with Crippen molar-refractivity contribution < 1.29 is 21.6 Å². The molecule has 0 radical (unpaired) electrons. The van der Waals surface area contributed by atoms with Crippen molar-refractivity contribution in [1.29, 1.82) is 0 Å². The lowest BCUT2D eigenvalue weighted by atomic mass is 10.1. The second-order valence-electron chi connectivity index (χ2n) is 9.24. The summed E-state index contributed by atoms with van der Waals surface area (Å²) in [6.07, 6.45) is 1.93. The largest absolute Gasteiger partial charge is 0.322 e. The highest BCUT2D eigenvalue weighted by molar-refractivity contribution is 7.93. The fourth-order valence-electron chi connectivity index (χ4n) is 4.63. The number of nitrogens with zero attached hydrogens (tertiary/aromatic N) is 4. The van der Waals surface area contributed by atoms with Crippen LogP contribution in [0.1, 0.15) is 28.5 Å². The summed E-state index contributed by atoms with van der Waals surface area (Å²) in [4.78, 5) is 23.2. The first-order valence-corrected chi connectivity index (χ1v) is 17.1. The highest BCUT2D eigenvalue weighted by Crippen LogP contribution is 2.33. The minimum absolute atomic E-state index is 0.0237. The summed E-state index contributed by atoms with van der Waals surface area (Å²) in [5.74, 6) is -0.368. The molecule has 206 valence electrons. The third-order valence-electron chi connectivity index (χ3n) is 6.49. The van der Waals surface area contributed by atoms with E-state index in [-0.39, 0.29) is 27.6 Å². The number of thiazole rings is 1. The van der Waals surface area contributed by atoms with Gasteiger partial charge in [0.1, 0.15) is 0 Å². The fraction of sp³-hybridized carbons (Fsp3) is 0.200. The molecule has 1 aromatic carbocycles. The van der Waals surface area contributed by atoms with Crippen LogP contribution in [0.4, 0.5) is 10.8 Å². The smallest absolute Gasteiger partial charge is 0.263 e. The molecule has 5 aromatic rings. The van der Waals surface area contributed by atoms with Gasteiger partial charge in [0.05, 0.1) is 49.7 Å². The topological polar surface area (TPSA) is 153 Å². The number of benzene rings is 1. The zero-order valence-electron chi connectivity index (χ0n) is 20.9. The van der Waals surface area contributed by atoms with Crippen LogP contribution in [0.5, 0.6) is 0 Å². The number of sulfonamides is 1. The Balaban J connectivity index is 1.35. The molecule has 6 rings (SSSR count). The van der Waals surface area contributed by atoms with E-state index in [0.29, 0.717) is 40.1 Å². The van der Waals surface area contributed by atoms with E-state index in [1.807, 2.05) is 17.5 Å². The number of carbonyl (C=O) groups is 1. The molecule has 4 aromatic heterocycles. The van der Waals surface area contributed by atoms with Crippen molar-refractivity contribution in [3.05, 3.63) is 70.7 Å². The molecule has 1 saturated heterocycles. The summed E-state index contributed by atoms with van der Waals surface area (Å²) >= 11 is 2.64. The summed E-state index contributed by atoms with van der Waals surface area (Å²) in [6.45, 7) is 1.76. The number of carbonyl (C=O) groups excluding carboxylic acids is 1. The molecule has 0 aliphatic carbocycles. The molecule has 2 N–H and O–H groups in total. The first kappa shape index (κ1) is 26.6. The lowest BCUT2D eigenvalue weighted by Gasteiger charge is -2.12. The van der Waals surface area contributed by atoms with Crippen LogP contribution in [0.15, 0.2) is 64.3 Å². The number of hydrogen-bond acceptors (Lipinski definition) is 10. The van der Waals surface area contributed by atoms with E-state index in [1.165, 1.54) is 53.1 Å². The molecule has 0 bridgehead atoms. The van der Waals surface area contributed by atoms with Gasteiger partial charge in [0.25, 0.3) is 15.9 Å². The van der Waals surface area contributed by atoms with E-state index in [0.717, 1.165) is 4.88 Å². The summed E-state index contributed by atoms with van der Waals surface area (Å²) in [5.41, 5.74) is 2.31. The highest BCUT2D eigenvalue weighted by Gasteiger charge is 2.32. The molecule has 0 spiro atoms. The molecule has 1 fully saturated rings. The average Bonchev–Trinajstić information content (AvgIpc) is 3.72. The third kappa shape index (κ3) is 5.12. The van der Waals surface area contributed by atoms with Gasteiger partial charge >= 0.3 is 0 Å². The molecule has 0 saturated carbocycles. The van der Waals surface area contributed by atoms with E-state index in [1.54, 1.807) is 23.1 Å². The molecule has 11 nitrogen and oxygen atoms in total. The van der Waals surface area contributed by atoms with Gasteiger partial charge in [-0.1, -0.05) is 6.07 Å². The fourth-order valence-corrected chi connectivity index (χ4v) is 8.80. The Labute approximate surface area is 237 Å². The monoisotopic (exact) mass is 614 g/mol. The number of aromatic nitrogens is 4. The van der Waals surface area contributed by atoms with E-state index >= 15 is 0 Å². The second-order valence-corrected chi connectivity index (χ2v) is 15.0. The van der Waals surface area contributed by atoms with Crippen molar-refractivity contribution in [2.75, 3.05) is 21.5 Å². The molecular weight excluding hydrogens is 593 g/mol. The highest BCUT2D eigenvalue weighted by atomic mass is 32.2. The van der Waals surface area contributed by atoms with Gasteiger partial charge < -0.3 is 5.32 Å². The minimum atomic E-state index is -3.84. The van der Waals surface area contributed by atoms with Crippen molar-refractivity contribution in [3.63, 3.8) is 0 Å². The van der Waals surface area contributed by atoms with Crippen LogP contribution >= 0.6 is 22.7 Å². The van der Waals surface area contributed by atoms with Crippen LogP contribution in [0, 0.1) is 6.92 Å². The zero-order valence-corrected chi connectivity index (χ0v) is 24.2. The van der Waals surface area contributed by atoms with Crippen molar-refractivity contribution in [3.8, 4) is 10.6 Å². The van der Waals surface area contributed by atoms with Crippen LogP contribution < -0.4 is 10.0 Å². The number of rotatable bonds is 7. The van der Waals surface area contributed by atoms with E-state index in [2.05, 4.69) is 20.1 Å². The van der Waals surface area contributed by atoms with Crippen molar-refractivity contribution in [2.24, 2.45) is 0 Å². The summed E-state index contributed by atoms with van der Waals surface area (Å²) in [7, 11) is -7.00. The Kier molecular flexibility index (Phi) is 6.68. The van der Waals surface area contributed by atoms with Gasteiger partial charge in [-0.2, -0.15) is 5.10 Å². The second kappa shape index (κ2) is 10.1. The Hall–Kier alpha value is -3.66. The predicted molar refractivity (Wildman–Crippen MR) is 155 cm³/mol. The van der Waals surface area contributed by atoms with Crippen molar-refractivity contribution in [1.82, 2.24) is 19.7 Å². The minimum Gasteiger partial charge on any atom is -0.322 e. The SMILES string of the molecule is Cc1nn(C2CCS(=O)(=O)C2)c2nc(-c3cccs3)cc(C(=O)Nc3ccc(S(=O)(=O)Nc4nccs4)cc3)c12. The van der Waals surface area contributed by atoms with E-state index in [9.17, 15) is 21.6 Å². The number of nitrogens with one attached hydrogen (secondary N) is 2. The van der Waals surface area contributed by atoms with Gasteiger partial charge in [0, 0.05) is 17.3 Å². The third-order valence-corrected chi connectivity index (χ3v) is 11.3. The van der Waals surface area contributed by atoms with Crippen LogP contribution in [0.3, 0.4) is 0 Å². The number of fused-ring (bicyclic) bond motifs is 1. The number of thiophene rings is 1. The molecule has 1 amide bonds. The average molecular weight is 615 g/mol. The summed E-state index contributed by atoms with van der Waals surface area (Å²) < 4.78 is 53.7. The summed E-state index contributed by atoms with van der Waals surface area (Å²) in [6, 6.07) is 10.9. The normalized spacial score (nSPS) is 16.8.